The van der Waals surface area contributed by atoms with Crippen molar-refractivity contribution in [3.8, 4) is 11.5 Å². The van der Waals surface area contributed by atoms with Crippen LogP contribution in [0.1, 0.15) is 24.8 Å². The maximum atomic E-state index is 12.6. The van der Waals surface area contributed by atoms with E-state index in [1.54, 1.807) is 25.3 Å². The lowest BCUT2D eigenvalue weighted by atomic mass is 9.85. The fraction of sp³-hybridized carbons (Fsp3) is 0.333. The zero-order valence-electron chi connectivity index (χ0n) is 17.3. The number of anilines is 1. The monoisotopic (exact) mass is 406 g/mol. The number of rotatable bonds is 7. The minimum Gasteiger partial charge on any atom is -0.497 e. The third kappa shape index (κ3) is 4.32. The van der Waals surface area contributed by atoms with Crippen LogP contribution < -0.4 is 20.3 Å². The molecule has 1 heterocycles. The molecule has 0 radical (unpaired) electrons. The van der Waals surface area contributed by atoms with E-state index in [2.05, 4.69) is 5.32 Å². The molecule has 0 saturated heterocycles. The van der Waals surface area contributed by atoms with Gasteiger partial charge in [-0.3, -0.25) is 9.59 Å². The van der Waals surface area contributed by atoms with E-state index < -0.39 is 0 Å². The van der Waals surface area contributed by atoms with Crippen LogP contribution in [0, 0.1) is 12.8 Å². The summed E-state index contributed by atoms with van der Waals surface area (Å²) in [6.07, 6.45) is 3.57. The number of nitrogens with zero attached hydrogens (tertiary/aromatic N) is 1. The first-order valence-electron chi connectivity index (χ1n) is 10.2. The molecule has 1 aliphatic rings. The van der Waals surface area contributed by atoms with E-state index in [4.69, 9.17) is 9.47 Å². The summed E-state index contributed by atoms with van der Waals surface area (Å²) in [5.74, 6) is 1.53. The molecular formula is C24H26N2O4. The minimum absolute atomic E-state index is 0.0137. The normalized spacial score (nSPS) is 13.7. The molecule has 6 heteroatoms. The highest BCUT2D eigenvalue weighted by atomic mass is 16.5. The quantitative estimate of drug-likeness (QED) is 0.640. The first-order chi connectivity index (χ1) is 14.5. The molecule has 30 heavy (non-hydrogen) atoms. The first kappa shape index (κ1) is 20.0. The molecule has 4 rings (SSSR count). The number of hydrogen-bond acceptors (Lipinski definition) is 4. The third-order valence-electron chi connectivity index (χ3n) is 5.68. The van der Waals surface area contributed by atoms with Gasteiger partial charge in [0, 0.05) is 35.8 Å². The highest BCUT2D eigenvalue weighted by Gasteiger charge is 2.20. The number of benzene rings is 2. The Morgan fingerprint density at radius 3 is 2.70 bits per heavy atom. The van der Waals surface area contributed by atoms with Gasteiger partial charge in [-0.2, -0.15) is 0 Å². The first-order valence-corrected chi connectivity index (χ1v) is 10.2. The zero-order chi connectivity index (χ0) is 21.1. The summed E-state index contributed by atoms with van der Waals surface area (Å²) in [4.78, 5) is 24.9. The lowest BCUT2D eigenvalue weighted by Gasteiger charge is -2.27. The fourth-order valence-corrected chi connectivity index (χ4v) is 3.79. The Kier molecular flexibility index (Phi) is 5.74. The number of aryl methyl sites for hydroxylation is 1. The molecule has 1 N–H and O–H groups in total. The number of carbonyl (C=O) groups is 1. The maximum Gasteiger partial charge on any atom is 0.262 e. The molecule has 1 fully saturated rings. The van der Waals surface area contributed by atoms with Gasteiger partial charge < -0.3 is 19.4 Å². The van der Waals surface area contributed by atoms with Gasteiger partial charge in [-0.25, -0.2) is 0 Å². The average Bonchev–Trinajstić information content (AvgIpc) is 2.70. The van der Waals surface area contributed by atoms with Crippen molar-refractivity contribution in [1.29, 1.82) is 0 Å². The molecule has 1 aliphatic carbocycles. The predicted molar refractivity (Wildman–Crippen MR) is 117 cm³/mol. The van der Waals surface area contributed by atoms with Crippen molar-refractivity contribution in [3.63, 3.8) is 0 Å². The van der Waals surface area contributed by atoms with Crippen LogP contribution in [0.5, 0.6) is 11.5 Å². The molecule has 0 aliphatic heterocycles. The van der Waals surface area contributed by atoms with Gasteiger partial charge in [0.25, 0.3) is 11.5 Å². The average molecular weight is 406 g/mol. The summed E-state index contributed by atoms with van der Waals surface area (Å²) in [6.45, 7) is 2.55. The molecule has 3 aromatic rings. The second kappa shape index (κ2) is 8.61. The van der Waals surface area contributed by atoms with Crippen LogP contribution in [0.15, 0.2) is 53.3 Å². The van der Waals surface area contributed by atoms with Gasteiger partial charge in [-0.15, -0.1) is 0 Å². The summed E-state index contributed by atoms with van der Waals surface area (Å²) < 4.78 is 12.7. The summed E-state index contributed by atoms with van der Waals surface area (Å²) in [5, 5.41) is 3.83. The highest BCUT2D eigenvalue weighted by molar-refractivity contribution is 5.92. The van der Waals surface area contributed by atoms with Crippen molar-refractivity contribution in [2.75, 3.05) is 19.0 Å². The maximum absolute atomic E-state index is 12.6. The summed E-state index contributed by atoms with van der Waals surface area (Å²) in [5.41, 5.74) is 2.46. The molecular weight excluding hydrogens is 380 g/mol. The molecule has 0 unspecified atom stereocenters. The summed E-state index contributed by atoms with van der Waals surface area (Å²) in [7, 11) is 1.58. The van der Waals surface area contributed by atoms with Crippen LogP contribution in [-0.2, 0) is 11.3 Å². The van der Waals surface area contributed by atoms with Gasteiger partial charge in [0.1, 0.15) is 11.5 Å². The lowest BCUT2D eigenvalue weighted by Crippen LogP contribution is -2.27. The topological polar surface area (TPSA) is 69.6 Å². The fourth-order valence-electron chi connectivity index (χ4n) is 3.79. The smallest absolute Gasteiger partial charge is 0.262 e. The zero-order valence-corrected chi connectivity index (χ0v) is 17.3. The number of amides is 1. The van der Waals surface area contributed by atoms with Gasteiger partial charge in [0.2, 0.25) is 0 Å². The van der Waals surface area contributed by atoms with Crippen LogP contribution in [0.3, 0.4) is 0 Å². The number of methoxy groups -OCH3 is 1. The Hall–Kier alpha value is -3.28. The summed E-state index contributed by atoms with van der Waals surface area (Å²) >= 11 is 0. The Bertz CT molecular complexity index is 1130. The van der Waals surface area contributed by atoms with Gasteiger partial charge in [0.05, 0.1) is 12.6 Å². The van der Waals surface area contributed by atoms with E-state index in [1.165, 1.54) is 19.3 Å². The largest absolute Gasteiger partial charge is 0.497 e. The van der Waals surface area contributed by atoms with E-state index in [9.17, 15) is 9.59 Å². The Balaban J connectivity index is 1.50. The van der Waals surface area contributed by atoms with Gasteiger partial charge in [-0.1, -0.05) is 12.5 Å². The van der Waals surface area contributed by atoms with Gasteiger partial charge in [-0.05, 0) is 55.5 Å². The second-order valence-electron chi connectivity index (χ2n) is 7.82. The number of fused-ring (bicyclic) bond motifs is 1. The standard InChI is InChI=1S/C24H26N2O4/c1-16-11-24(28)26(14-17-5-3-6-17)22-13-20(9-10-21(16)22)30-15-23(27)25-18-7-4-8-19(12-18)29-2/h4,7-13,17H,3,5-6,14-15H2,1-2H3,(H,25,27). The van der Waals surface area contributed by atoms with Crippen molar-refractivity contribution in [2.24, 2.45) is 5.92 Å². The van der Waals surface area contributed by atoms with E-state index in [0.717, 1.165) is 23.0 Å². The van der Waals surface area contributed by atoms with E-state index in [0.29, 0.717) is 23.1 Å². The van der Waals surface area contributed by atoms with E-state index in [-0.39, 0.29) is 18.1 Å². The number of hydrogen-bond donors (Lipinski definition) is 1. The number of nitrogens with one attached hydrogen (secondary N) is 1. The number of ether oxygens (including phenoxy) is 2. The Labute approximate surface area is 175 Å². The Morgan fingerprint density at radius 1 is 1.13 bits per heavy atom. The number of pyridine rings is 1. The van der Waals surface area contributed by atoms with Crippen molar-refractivity contribution in [1.82, 2.24) is 4.57 Å². The van der Waals surface area contributed by atoms with Gasteiger partial charge in [0.15, 0.2) is 6.61 Å². The SMILES string of the molecule is COc1cccc(NC(=O)COc2ccc3c(C)cc(=O)n(CC4CCC4)c3c2)c1. The van der Waals surface area contributed by atoms with Crippen LogP contribution in [0.25, 0.3) is 10.9 Å². The van der Waals surface area contributed by atoms with Crippen molar-refractivity contribution < 1.29 is 14.3 Å². The Morgan fingerprint density at radius 2 is 1.97 bits per heavy atom. The lowest BCUT2D eigenvalue weighted by molar-refractivity contribution is -0.118. The van der Waals surface area contributed by atoms with Crippen molar-refractivity contribution in [2.45, 2.75) is 32.7 Å². The molecule has 6 nitrogen and oxygen atoms in total. The van der Waals surface area contributed by atoms with Crippen LogP contribution in [0.4, 0.5) is 5.69 Å². The van der Waals surface area contributed by atoms with E-state index >= 15 is 0 Å². The third-order valence-corrected chi connectivity index (χ3v) is 5.68. The molecule has 1 amide bonds. The highest BCUT2D eigenvalue weighted by Crippen LogP contribution is 2.30. The second-order valence-corrected chi connectivity index (χ2v) is 7.82. The summed E-state index contributed by atoms with van der Waals surface area (Å²) in [6, 6.07) is 14.5. The van der Waals surface area contributed by atoms with E-state index in [1.807, 2.05) is 41.8 Å². The van der Waals surface area contributed by atoms with Crippen LogP contribution in [-0.4, -0.2) is 24.2 Å². The predicted octanol–water partition coefficient (Wildman–Crippen LogP) is 4.14. The van der Waals surface area contributed by atoms with Crippen molar-refractivity contribution in [3.05, 3.63) is 64.4 Å². The molecule has 0 spiro atoms. The molecule has 156 valence electrons. The minimum atomic E-state index is -0.264. The molecule has 0 bridgehead atoms. The van der Waals surface area contributed by atoms with Crippen molar-refractivity contribution >= 4 is 22.5 Å². The van der Waals surface area contributed by atoms with Gasteiger partial charge >= 0.3 is 0 Å². The molecule has 1 aromatic heterocycles. The number of aromatic nitrogens is 1. The van der Waals surface area contributed by atoms with Crippen LogP contribution >= 0.6 is 0 Å². The van der Waals surface area contributed by atoms with Crippen LogP contribution in [0.2, 0.25) is 0 Å². The molecule has 0 atom stereocenters. The molecule has 2 aromatic carbocycles. The molecule has 1 saturated carbocycles. The number of carbonyl (C=O) groups excluding carboxylic acids is 1.